The highest BCUT2D eigenvalue weighted by atomic mass is 16.5. The minimum Gasteiger partial charge on any atom is -0.481 e. The van der Waals surface area contributed by atoms with E-state index in [0.29, 0.717) is 13.1 Å². The number of amides is 2. The van der Waals surface area contributed by atoms with E-state index in [9.17, 15) is 14.7 Å². The summed E-state index contributed by atoms with van der Waals surface area (Å²) in [5.74, 6) is -1.55. The Morgan fingerprint density at radius 1 is 1.50 bits per heavy atom. The van der Waals surface area contributed by atoms with Gasteiger partial charge in [0.25, 0.3) is 0 Å². The summed E-state index contributed by atoms with van der Waals surface area (Å²) in [7, 11) is 1.58. The van der Waals surface area contributed by atoms with Gasteiger partial charge in [-0.15, -0.1) is 0 Å². The number of rotatable bonds is 4. The van der Waals surface area contributed by atoms with Crippen molar-refractivity contribution in [1.82, 2.24) is 9.80 Å². The van der Waals surface area contributed by atoms with E-state index in [0.717, 1.165) is 0 Å². The summed E-state index contributed by atoms with van der Waals surface area (Å²) in [4.78, 5) is 26.2. The van der Waals surface area contributed by atoms with Crippen molar-refractivity contribution < 1.29 is 24.5 Å². The second-order valence-electron chi connectivity index (χ2n) is 5.97. The van der Waals surface area contributed by atoms with Crippen LogP contribution in [0.4, 0.5) is 4.79 Å². The molecule has 0 bridgehead atoms. The van der Waals surface area contributed by atoms with Gasteiger partial charge < -0.3 is 24.7 Å². The number of carboxylic acid groups (broad SMARTS) is 1. The molecule has 2 unspecified atom stereocenters. The second kappa shape index (κ2) is 6.41. The maximum atomic E-state index is 12.3. The van der Waals surface area contributed by atoms with Crippen LogP contribution in [-0.4, -0.2) is 77.0 Å². The Labute approximate surface area is 119 Å². The maximum Gasteiger partial charge on any atom is 0.319 e. The third-order valence-electron chi connectivity index (χ3n) is 3.25. The van der Waals surface area contributed by atoms with Crippen molar-refractivity contribution in [1.29, 1.82) is 0 Å². The van der Waals surface area contributed by atoms with Gasteiger partial charge in [0, 0.05) is 13.6 Å². The molecule has 2 amide bonds. The van der Waals surface area contributed by atoms with Gasteiger partial charge in [-0.1, -0.05) is 6.92 Å². The van der Waals surface area contributed by atoms with Gasteiger partial charge in [0.2, 0.25) is 0 Å². The number of urea groups is 1. The van der Waals surface area contributed by atoms with Crippen LogP contribution in [0.5, 0.6) is 0 Å². The summed E-state index contributed by atoms with van der Waals surface area (Å²) >= 11 is 0. The molecular formula is C13H24N2O5. The molecule has 7 heteroatoms. The molecule has 0 aromatic rings. The normalized spacial score (nSPS) is 23.2. The quantitative estimate of drug-likeness (QED) is 0.773. The van der Waals surface area contributed by atoms with Gasteiger partial charge in [0.05, 0.1) is 37.3 Å². The molecule has 1 aliphatic heterocycles. The molecule has 1 heterocycles. The van der Waals surface area contributed by atoms with Crippen LogP contribution in [0.1, 0.15) is 20.8 Å². The Kier molecular flexibility index (Phi) is 5.35. The molecule has 0 aliphatic carbocycles. The first kappa shape index (κ1) is 16.7. The van der Waals surface area contributed by atoms with E-state index in [1.54, 1.807) is 18.9 Å². The lowest BCUT2D eigenvalue weighted by Gasteiger charge is -2.43. The van der Waals surface area contributed by atoms with Gasteiger partial charge in [-0.2, -0.15) is 0 Å². The molecule has 116 valence electrons. The Hall–Kier alpha value is -1.34. The zero-order chi connectivity index (χ0) is 15.5. The van der Waals surface area contributed by atoms with Crippen molar-refractivity contribution in [3.8, 4) is 0 Å². The Morgan fingerprint density at radius 2 is 2.10 bits per heavy atom. The number of hydrogen-bond acceptors (Lipinski definition) is 4. The molecule has 1 aliphatic rings. The average molecular weight is 288 g/mol. The monoisotopic (exact) mass is 288 g/mol. The summed E-state index contributed by atoms with van der Waals surface area (Å²) in [6, 6.07) is -0.243. The lowest BCUT2D eigenvalue weighted by molar-refractivity contribution is -0.143. The topological polar surface area (TPSA) is 90.3 Å². The van der Waals surface area contributed by atoms with Crippen LogP contribution in [0.25, 0.3) is 0 Å². The standard InChI is InChI=1S/C13H24N2O5/c1-9(11(17)18)5-14(4)12(19)15-6-10(7-16)20-13(2,3)8-15/h9-10,16H,5-8H2,1-4H3,(H,17,18). The number of aliphatic hydroxyl groups is 1. The predicted molar refractivity (Wildman–Crippen MR) is 72.4 cm³/mol. The molecule has 1 saturated heterocycles. The van der Waals surface area contributed by atoms with E-state index in [1.165, 1.54) is 4.90 Å². The van der Waals surface area contributed by atoms with Crippen LogP contribution >= 0.6 is 0 Å². The molecule has 2 N–H and O–H groups in total. The molecule has 7 nitrogen and oxygen atoms in total. The fourth-order valence-electron chi connectivity index (χ4n) is 2.34. The van der Waals surface area contributed by atoms with Crippen molar-refractivity contribution in [2.45, 2.75) is 32.5 Å². The summed E-state index contributed by atoms with van der Waals surface area (Å²) < 4.78 is 5.65. The summed E-state index contributed by atoms with van der Waals surface area (Å²) in [5.41, 5.74) is -0.527. The van der Waals surface area contributed by atoms with Crippen molar-refractivity contribution in [2.75, 3.05) is 33.3 Å². The lowest BCUT2D eigenvalue weighted by Crippen LogP contribution is -2.58. The van der Waals surface area contributed by atoms with Crippen molar-refractivity contribution in [3.05, 3.63) is 0 Å². The summed E-state index contributed by atoms with van der Waals surface area (Å²) in [6.45, 7) is 5.99. The minimum absolute atomic E-state index is 0.149. The number of carbonyl (C=O) groups excluding carboxylic acids is 1. The maximum absolute atomic E-state index is 12.3. The second-order valence-corrected chi connectivity index (χ2v) is 5.97. The number of carbonyl (C=O) groups is 2. The van der Waals surface area contributed by atoms with Gasteiger partial charge >= 0.3 is 12.0 Å². The SMILES string of the molecule is CC(CN(C)C(=O)N1CC(CO)OC(C)(C)C1)C(=O)O. The third kappa shape index (κ3) is 4.35. The van der Waals surface area contributed by atoms with Gasteiger partial charge in [0.1, 0.15) is 0 Å². The molecule has 2 atom stereocenters. The fourth-order valence-corrected chi connectivity index (χ4v) is 2.34. The highest BCUT2D eigenvalue weighted by Crippen LogP contribution is 2.21. The molecule has 0 aromatic carbocycles. The largest absolute Gasteiger partial charge is 0.481 e. The zero-order valence-electron chi connectivity index (χ0n) is 12.5. The van der Waals surface area contributed by atoms with E-state index < -0.39 is 23.6 Å². The Bertz CT molecular complexity index is 372. The summed E-state index contributed by atoms with van der Waals surface area (Å²) in [6.07, 6.45) is -0.409. The van der Waals surface area contributed by atoms with E-state index >= 15 is 0 Å². The molecule has 0 aromatic heterocycles. The van der Waals surface area contributed by atoms with Gasteiger partial charge in [-0.25, -0.2) is 4.79 Å². The number of aliphatic carboxylic acids is 1. The van der Waals surface area contributed by atoms with Crippen LogP contribution in [0.3, 0.4) is 0 Å². The van der Waals surface area contributed by atoms with Crippen LogP contribution in [-0.2, 0) is 9.53 Å². The first-order valence-electron chi connectivity index (χ1n) is 6.68. The van der Waals surface area contributed by atoms with Crippen LogP contribution in [0.2, 0.25) is 0 Å². The molecule has 0 radical (unpaired) electrons. The van der Waals surface area contributed by atoms with E-state index in [4.69, 9.17) is 9.84 Å². The predicted octanol–water partition coefficient (Wildman–Crippen LogP) is 0.231. The Balaban J connectivity index is 2.67. The number of hydrogen-bond donors (Lipinski definition) is 2. The highest BCUT2D eigenvalue weighted by Gasteiger charge is 2.36. The first-order chi connectivity index (χ1) is 9.16. The molecule has 1 fully saturated rings. The molecule has 20 heavy (non-hydrogen) atoms. The van der Waals surface area contributed by atoms with Crippen LogP contribution < -0.4 is 0 Å². The summed E-state index contributed by atoms with van der Waals surface area (Å²) in [5, 5.41) is 18.1. The molecule has 1 rings (SSSR count). The number of carboxylic acids is 1. The third-order valence-corrected chi connectivity index (χ3v) is 3.25. The van der Waals surface area contributed by atoms with Gasteiger partial charge in [-0.3, -0.25) is 4.79 Å². The number of ether oxygens (including phenoxy) is 1. The van der Waals surface area contributed by atoms with Crippen molar-refractivity contribution in [3.63, 3.8) is 0 Å². The number of nitrogens with zero attached hydrogens (tertiary/aromatic N) is 2. The zero-order valence-corrected chi connectivity index (χ0v) is 12.5. The van der Waals surface area contributed by atoms with Crippen LogP contribution in [0.15, 0.2) is 0 Å². The van der Waals surface area contributed by atoms with Crippen LogP contribution in [0, 0.1) is 5.92 Å². The van der Waals surface area contributed by atoms with Gasteiger partial charge in [-0.05, 0) is 13.8 Å². The Morgan fingerprint density at radius 3 is 2.60 bits per heavy atom. The van der Waals surface area contributed by atoms with Crippen molar-refractivity contribution in [2.24, 2.45) is 5.92 Å². The average Bonchev–Trinajstić information content (AvgIpc) is 2.35. The van der Waals surface area contributed by atoms with E-state index in [-0.39, 0.29) is 19.2 Å². The van der Waals surface area contributed by atoms with E-state index in [1.807, 2.05) is 13.8 Å². The minimum atomic E-state index is -0.930. The molecular weight excluding hydrogens is 264 g/mol. The van der Waals surface area contributed by atoms with E-state index in [2.05, 4.69) is 0 Å². The fraction of sp³-hybridized carbons (Fsp3) is 0.846. The molecule has 0 saturated carbocycles. The lowest BCUT2D eigenvalue weighted by atomic mass is 10.1. The smallest absolute Gasteiger partial charge is 0.319 e. The highest BCUT2D eigenvalue weighted by molar-refractivity contribution is 5.76. The van der Waals surface area contributed by atoms with Gasteiger partial charge in [0.15, 0.2) is 0 Å². The first-order valence-corrected chi connectivity index (χ1v) is 6.68. The molecule has 0 spiro atoms. The van der Waals surface area contributed by atoms with Crippen molar-refractivity contribution >= 4 is 12.0 Å². The number of morpholine rings is 1. The number of aliphatic hydroxyl groups excluding tert-OH is 1.